The van der Waals surface area contributed by atoms with Crippen LogP contribution in [0.5, 0.6) is 0 Å². The molecule has 10 heavy (non-hydrogen) atoms. The molecule has 2 nitrogen and oxygen atoms in total. The molecule has 0 saturated carbocycles. The highest BCUT2D eigenvalue weighted by molar-refractivity contribution is 8.77. The molecule has 0 radical (unpaired) electrons. The molecule has 1 saturated heterocycles. The maximum absolute atomic E-state index is 3.60. The zero-order valence-electron chi connectivity index (χ0n) is 5.62. The lowest BCUT2D eigenvalue weighted by atomic mass is 10.6. The van der Waals surface area contributed by atoms with Gasteiger partial charge in [0.25, 0.3) is 0 Å². The fourth-order valence-electron chi connectivity index (χ4n) is 0.510. The minimum atomic E-state index is 1.38. The van der Waals surface area contributed by atoms with Gasteiger partial charge in [-0.1, -0.05) is 21.6 Å². The van der Waals surface area contributed by atoms with Crippen LogP contribution >= 0.6 is 21.6 Å². The zero-order chi connectivity index (χ0) is 7.07. The van der Waals surface area contributed by atoms with Gasteiger partial charge in [-0.2, -0.15) is 5.10 Å². The Labute approximate surface area is 68.6 Å². The molecule has 0 spiro atoms. The topological polar surface area (TPSA) is 28.7 Å². The Balaban J connectivity index is 0.0000001000. The normalized spacial score (nSPS) is 16.0. The van der Waals surface area contributed by atoms with Crippen LogP contribution in [-0.4, -0.2) is 21.7 Å². The van der Waals surface area contributed by atoms with E-state index in [1.54, 1.807) is 12.4 Å². The predicted molar refractivity (Wildman–Crippen MR) is 48.1 cm³/mol. The summed E-state index contributed by atoms with van der Waals surface area (Å²) in [4.78, 5) is 0. The molecule has 0 bridgehead atoms. The van der Waals surface area contributed by atoms with Crippen LogP contribution in [-0.2, 0) is 0 Å². The van der Waals surface area contributed by atoms with Crippen LogP contribution in [0.25, 0.3) is 0 Å². The number of nitrogens with one attached hydrogen (secondary N) is 1. The Morgan fingerprint density at radius 3 is 2.30 bits per heavy atom. The number of H-pyrrole nitrogens is 1. The first-order valence-corrected chi connectivity index (χ1v) is 5.67. The summed E-state index contributed by atoms with van der Waals surface area (Å²) in [6, 6.07) is 1.83. The highest BCUT2D eigenvalue weighted by Crippen LogP contribution is 2.29. The lowest BCUT2D eigenvalue weighted by Gasteiger charge is -1.69. The van der Waals surface area contributed by atoms with Crippen molar-refractivity contribution in [1.29, 1.82) is 0 Å². The van der Waals surface area contributed by atoms with Crippen molar-refractivity contribution in [3.8, 4) is 0 Å². The molecule has 2 heterocycles. The van der Waals surface area contributed by atoms with E-state index in [0.717, 1.165) is 0 Å². The Morgan fingerprint density at radius 2 is 2.10 bits per heavy atom. The second-order valence-electron chi connectivity index (χ2n) is 1.76. The number of hydrogen-bond acceptors (Lipinski definition) is 3. The number of aromatic amines is 1. The Bertz CT molecular complexity index is 113. The number of aromatic nitrogens is 2. The zero-order valence-corrected chi connectivity index (χ0v) is 7.25. The Morgan fingerprint density at radius 1 is 1.30 bits per heavy atom. The summed E-state index contributed by atoms with van der Waals surface area (Å²) in [7, 11) is 3.98. The van der Waals surface area contributed by atoms with Gasteiger partial charge in [0.05, 0.1) is 0 Å². The summed E-state index contributed by atoms with van der Waals surface area (Å²) < 4.78 is 0. The fourth-order valence-corrected chi connectivity index (χ4v) is 2.87. The molecule has 0 aromatic carbocycles. The lowest BCUT2D eigenvalue weighted by Crippen LogP contribution is -1.63. The third kappa shape index (κ3) is 3.85. The van der Waals surface area contributed by atoms with Crippen molar-refractivity contribution in [2.24, 2.45) is 0 Å². The first kappa shape index (κ1) is 8.01. The van der Waals surface area contributed by atoms with E-state index in [1.165, 1.54) is 17.9 Å². The molecule has 0 unspecified atom stereocenters. The van der Waals surface area contributed by atoms with Crippen molar-refractivity contribution in [1.82, 2.24) is 10.2 Å². The van der Waals surface area contributed by atoms with E-state index in [1.807, 2.05) is 27.7 Å². The van der Waals surface area contributed by atoms with E-state index in [0.29, 0.717) is 0 Å². The van der Waals surface area contributed by atoms with Gasteiger partial charge in [0.2, 0.25) is 0 Å². The van der Waals surface area contributed by atoms with E-state index >= 15 is 0 Å². The quantitative estimate of drug-likeness (QED) is 0.611. The smallest absolute Gasteiger partial charge is 0.0487 e. The number of hydrogen-bond donors (Lipinski definition) is 1. The minimum absolute atomic E-state index is 1.38. The molecule has 1 aromatic heterocycles. The molecule has 1 aliphatic heterocycles. The van der Waals surface area contributed by atoms with E-state index in [2.05, 4.69) is 10.2 Å². The van der Waals surface area contributed by atoms with Gasteiger partial charge in [0, 0.05) is 23.9 Å². The van der Waals surface area contributed by atoms with Crippen LogP contribution in [0.3, 0.4) is 0 Å². The molecule has 4 heteroatoms. The highest BCUT2D eigenvalue weighted by atomic mass is 33.1. The maximum Gasteiger partial charge on any atom is 0.0487 e. The molecular weight excluding hydrogens is 164 g/mol. The predicted octanol–water partition coefficient (Wildman–Crippen LogP) is 2.18. The van der Waals surface area contributed by atoms with E-state index in [9.17, 15) is 0 Å². The lowest BCUT2D eigenvalue weighted by molar-refractivity contribution is 1.09. The van der Waals surface area contributed by atoms with Crippen LogP contribution in [0.4, 0.5) is 0 Å². The molecule has 0 aliphatic carbocycles. The van der Waals surface area contributed by atoms with E-state index in [4.69, 9.17) is 0 Å². The SMILES string of the molecule is C1CSSC1.c1cn[nH]c1. The summed E-state index contributed by atoms with van der Waals surface area (Å²) in [6.45, 7) is 0. The summed E-state index contributed by atoms with van der Waals surface area (Å²) in [5, 5.41) is 6.21. The van der Waals surface area contributed by atoms with Gasteiger partial charge in [-0.15, -0.1) is 0 Å². The first-order chi connectivity index (χ1) is 5.00. The van der Waals surface area contributed by atoms with Gasteiger partial charge in [-0.3, -0.25) is 5.10 Å². The van der Waals surface area contributed by atoms with Gasteiger partial charge in [0.15, 0.2) is 0 Å². The van der Waals surface area contributed by atoms with Gasteiger partial charge in [-0.25, -0.2) is 0 Å². The van der Waals surface area contributed by atoms with Crippen molar-refractivity contribution in [3.63, 3.8) is 0 Å². The van der Waals surface area contributed by atoms with Crippen LogP contribution in [0.2, 0.25) is 0 Å². The molecular formula is C6H10N2S2. The van der Waals surface area contributed by atoms with Crippen molar-refractivity contribution < 1.29 is 0 Å². The van der Waals surface area contributed by atoms with Gasteiger partial charge < -0.3 is 0 Å². The van der Waals surface area contributed by atoms with Gasteiger partial charge >= 0.3 is 0 Å². The number of rotatable bonds is 0. The van der Waals surface area contributed by atoms with Crippen molar-refractivity contribution in [2.45, 2.75) is 6.42 Å². The number of nitrogens with zero attached hydrogens (tertiary/aromatic N) is 1. The third-order valence-electron chi connectivity index (χ3n) is 0.945. The first-order valence-electron chi connectivity index (χ1n) is 3.18. The average Bonchev–Trinajstić information content (AvgIpc) is 2.67. The molecule has 1 aliphatic rings. The highest BCUT2D eigenvalue weighted by Gasteiger charge is 1.96. The molecule has 1 N–H and O–H groups in total. The van der Waals surface area contributed by atoms with Crippen molar-refractivity contribution >= 4 is 21.6 Å². The monoisotopic (exact) mass is 174 g/mol. The summed E-state index contributed by atoms with van der Waals surface area (Å²) in [5.41, 5.74) is 0. The molecule has 0 atom stereocenters. The van der Waals surface area contributed by atoms with E-state index < -0.39 is 0 Å². The standard InChI is InChI=1S/C3H4N2.C3H6S2/c2*1-2-4-5-3-1/h1-3H,(H,4,5);1-3H2. The van der Waals surface area contributed by atoms with Crippen LogP contribution in [0.15, 0.2) is 18.5 Å². The molecule has 56 valence electrons. The Kier molecular flexibility index (Phi) is 4.55. The van der Waals surface area contributed by atoms with Crippen LogP contribution in [0, 0.1) is 0 Å². The maximum atomic E-state index is 3.60. The molecule has 2 rings (SSSR count). The molecule has 1 aromatic rings. The van der Waals surface area contributed by atoms with Crippen molar-refractivity contribution in [2.75, 3.05) is 11.5 Å². The van der Waals surface area contributed by atoms with Crippen LogP contribution < -0.4 is 0 Å². The van der Waals surface area contributed by atoms with E-state index in [-0.39, 0.29) is 0 Å². The van der Waals surface area contributed by atoms with Crippen molar-refractivity contribution in [3.05, 3.63) is 18.5 Å². The fraction of sp³-hybridized carbons (Fsp3) is 0.500. The van der Waals surface area contributed by atoms with Gasteiger partial charge in [-0.05, 0) is 12.5 Å². The summed E-state index contributed by atoms with van der Waals surface area (Å²) >= 11 is 0. The molecule has 0 amide bonds. The average molecular weight is 174 g/mol. The largest absolute Gasteiger partial charge is 0.286 e. The second-order valence-corrected chi connectivity index (χ2v) is 4.47. The Hall–Kier alpha value is -0.0900. The second kappa shape index (κ2) is 5.68. The molecule has 1 fully saturated rings. The third-order valence-corrected chi connectivity index (χ3v) is 3.52. The summed E-state index contributed by atoms with van der Waals surface area (Å²) in [6.07, 6.45) is 4.88. The van der Waals surface area contributed by atoms with Gasteiger partial charge in [0.1, 0.15) is 0 Å². The minimum Gasteiger partial charge on any atom is -0.286 e. The van der Waals surface area contributed by atoms with Crippen LogP contribution in [0.1, 0.15) is 6.42 Å². The summed E-state index contributed by atoms with van der Waals surface area (Å²) in [5.74, 6) is 2.76.